The normalized spacial score (nSPS) is 16.3. The van der Waals surface area contributed by atoms with E-state index < -0.39 is 0 Å². The van der Waals surface area contributed by atoms with Crippen LogP contribution in [0.2, 0.25) is 0 Å². The molecule has 2 aromatic rings. The number of pyridine rings is 1. The van der Waals surface area contributed by atoms with E-state index in [-0.39, 0.29) is 17.9 Å². The van der Waals surface area contributed by atoms with Crippen LogP contribution in [0.4, 0.5) is 0 Å². The van der Waals surface area contributed by atoms with Gasteiger partial charge in [-0.3, -0.25) is 19.3 Å². The van der Waals surface area contributed by atoms with Gasteiger partial charge in [0.1, 0.15) is 0 Å². The number of nitrogens with zero attached hydrogens (tertiary/aromatic N) is 5. The van der Waals surface area contributed by atoms with E-state index in [1.165, 1.54) is 0 Å². The molecule has 7 heteroatoms. The topological polar surface area (TPSA) is 71.3 Å². The number of rotatable bonds is 6. The SMILES string of the molecule is CC(C)CC(=O)N1Cc2ccnn2[C@@H](CC(=O)N(C)Cc2ccccn2)C1. The van der Waals surface area contributed by atoms with E-state index in [4.69, 9.17) is 0 Å². The summed E-state index contributed by atoms with van der Waals surface area (Å²) in [5.41, 5.74) is 1.83. The molecule has 1 aliphatic heterocycles. The highest BCUT2D eigenvalue weighted by Crippen LogP contribution is 2.25. The lowest BCUT2D eigenvalue weighted by Crippen LogP contribution is -2.43. The monoisotopic (exact) mass is 369 g/mol. The van der Waals surface area contributed by atoms with Crippen molar-refractivity contribution in [3.63, 3.8) is 0 Å². The summed E-state index contributed by atoms with van der Waals surface area (Å²) >= 11 is 0. The molecule has 3 heterocycles. The molecule has 0 aliphatic carbocycles. The van der Waals surface area contributed by atoms with Gasteiger partial charge in [-0.25, -0.2) is 0 Å². The van der Waals surface area contributed by atoms with E-state index >= 15 is 0 Å². The Balaban J connectivity index is 1.67. The fraction of sp³-hybridized carbons (Fsp3) is 0.500. The van der Waals surface area contributed by atoms with E-state index in [1.54, 1.807) is 24.3 Å². The van der Waals surface area contributed by atoms with Crippen molar-refractivity contribution in [2.75, 3.05) is 13.6 Å². The zero-order valence-corrected chi connectivity index (χ0v) is 16.2. The summed E-state index contributed by atoms with van der Waals surface area (Å²) in [7, 11) is 1.78. The maximum absolute atomic E-state index is 12.8. The van der Waals surface area contributed by atoms with Gasteiger partial charge in [0.15, 0.2) is 0 Å². The predicted molar refractivity (Wildman–Crippen MR) is 101 cm³/mol. The third kappa shape index (κ3) is 4.72. The lowest BCUT2D eigenvalue weighted by Gasteiger charge is -2.34. The Kier molecular flexibility index (Phi) is 5.88. The van der Waals surface area contributed by atoms with Crippen LogP contribution in [-0.4, -0.2) is 50.0 Å². The van der Waals surface area contributed by atoms with Gasteiger partial charge in [-0.05, 0) is 24.1 Å². The minimum atomic E-state index is -0.140. The third-order valence-electron chi connectivity index (χ3n) is 4.78. The second-order valence-corrected chi connectivity index (χ2v) is 7.57. The van der Waals surface area contributed by atoms with E-state index in [0.29, 0.717) is 38.4 Å². The number of carbonyl (C=O) groups excluding carboxylic acids is 2. The first-order chi connectivity index (χ1) is 12.9. The number of carbonyl (C=O) groups is 2. The Morgan fingerprint density at radius 3 is 2.78 bits per heavy atom. The van der Waals surface area contributed by atoms with Crippen molar-refractivity contribution in [1.29, 1.82) is 0 Å². The van der Waals surface area contributed by atoms with Crippen LogP contribution in [-0.2, 0) is 22.7 Å². The van der Waals surface area contributed by atoms with Crippen LogP contribution in [0.15, 0.2) is 36.7 Å². The van der Waals surface area contributed by atoms with Crippen molar-refractivity contribution < 1.29 is 9.59 Å². The number of fused-ring (bicyclic) bond motifs is 1. The van der Waals surface area contributed by atoms with Gasteiger partial charge < -0.3 is 9.80 Å². The first-order valence-corrected chi connectivity index (χ1v) is 9.38. The molecule has 2 aromatic heterocycles. The van der Waals surface area contributed by atoms with Crippen LogP contribution in [0.5, 0.6) is 0 Å². The Morgan fingerprint density at radius 2 is 2.07 bits per heavy atom. The van der Waals surface area contributed by atoms with Gasteiger partial charge >= 0.3 is 0 Å². The average molecular weight is 369 g/mol. The van der Waals surface area contributed by atoms with E-state index in [2.05, 4.69) is 10.1 Å². The molecule has 0 aromatic carbocycles. The molecular formula is C20H27N5O2. The molecule has 7 nitrogen and oxygen atoms in total. The molecule has 0 fully saturated rings. The molecule has 2 amide bonds. The minimum absolute atomic E-state index is 0.0188. The Labute approximate surface area is 160 Å². The molecule has 0 N–H and O–H groups in total. The summed E-state index contributed by atoms with van der Waals surface area (Å²) in [6.45, 7) is 5.62. The fourth-order valence-electron chi connectivity index (χ4n) is 3.39. The van der Waals surface area contributed by atoms with E-state index in [0.717, 1.165) is 11.4 Å². The van der Waals surface area contributed by atoms with E-state index in [1.807, 2.05) is 47.7 Å². The van der Waals surface area contributed by atoms with Gasteiger partial charge in [-0.1, -0.05) is 19.9 Å². The first-order valence-electron chi connectivity index (χ1n) is 9.38. The van der Waals surface area contributed by atoms with Crippen molar-refractivity contribution >= 4 is 11.8 Å². The third-order valence-corrected chi connectivity index (χ3v) is 4.78. The van der Waals surface area contributed by atoms with Crippen molar-refractivity contribution in [3.8, 4) is 0 Å². The van der Waals surface area contributed by atoms with Crippen LogP contribution in [0, 0.1) is 5.92 Å². The zero-order chi connectivity index (χ0) is 19.4. The molecule has 0 unspecified atom stereocenters. The smallest absolute Gasteiger partial charge is 0.224 e. The average Bonchev–Trinajstić information content (AvgIpc) is 3.10. The molecule has 0 spiro atoms. The van der Waals surface area contributed by atoms with Gasteiger partial charge in [-0.15, -0.1) is 0 Å². The molecule has 1 atom stereocenters. The van der Waals surface area contributed by atoms with Crippen LogP contribution >= 0.6 is 0 Å². The Morgan fingerprint density at radius 1 is 1.26 bits per heavy atom. The van der Waals surface area contributed by atoms with Gasteiger partial charge in [0.2, 0.25) is 11.8 Å². The number of amides is 2. The number of hydrogen-bond acceptors (Lipinski definition) is 4. The summed E-state index contributed by atoms with van der Waals surface area (Å²) in [6.07, 6.45) is 4.29. The number of aromatic nitrogens is 3. The second-order valence-electron chi connectivity index (χ2n) is 7.57. The van der Waals surface area contributed by atoms with Gasteiger partial charge in [-0.2, -0.15) is 5.10 Å². The van der Waals surface area contributed by atoms with Crippen molar-refractivity contribution in [1.82, 2.24) is 24.6 Å². The molecule has 3 rings (SSSR count). The highest BCUT2D eigenvalue weighted by atomic mass is 16.2. The van der Waals surface area contributed by atoms with Crippen LogP contribution in [0.1, 0.15) is 44.1 Å². The molecule has 0 radical (unpaired) electrons. The van der Waals surface area contributed by atoms with E-state index in [9.17, 15) is 9.59 Å². The lowest BCUT2D eigenvalue weighted by atomic mass is 10.1. The standard InChI is InChI=1S/C20H27N5O2/c1-15(2)10-20(27)24-13-17-7-9-22-25(17)18(14-24)11-19(26)23(3)12-16-6-4-5-8-21-16/h4-9,15,18H,10-14H2,1-3H3/t18-/m0/s1. The summed E-state index contributed by atoms with van der Waals surface area (Å²) in [5.74, 6) is 0.468. The molecule has 144 valence electrons. The summed E-state index contributed by atoms with van der Waals surface area (Å²) in [4.78, 5) is 33.1. The maximum atomic E-state index is 12.8. The van der Waals surface area contributed by atoms with Crippen LogP contribution in [0.25, 0.3) is 0 Å². The summed E-state index contributed by atoms with van der Waals surface area (Å²) in [6, 6.07) is 7.45. The zero-order valence-electron chi connectivity index (χ0n) is 16.2. The predicted octanol–water partition coefficient (Wildman–Crippen LogP) is 2.26. The largest absolute Gasteiger partial charge is 0.340 e. The molecule has 0 saturated carbocycles. The molecular weight excluding hydrogens is 342 g/mol. The highest BCUT2D eigenvalue weighted by molar-refractivity contribution is 5.78. The fourth-order valence-corrected chi connectivity index (χ4v) is 3.39. The summed E-state index contributed by atoms with van der Waals surface area (Å²) in [5, 5.41) is 4.38. The molecule has 0 saturated heterocycles. The van der Waals surface area contributed by atoms with Crippen molar-refractivity contribution in [2.24, 2.45) is 5.92 Å². The van der Waals surface area contributed by atoms with Crippen molar-refractivity contribution in [2.45, 2.75) is 45.8 Å². The summed E-state index contributed by atoms with van der Waals surface area (Å²) < 4.78 is 1.89. The first kappa shape index (κ1) is 19.1. The van der Waals surface area contributed by atoms with Crippen LogP contribution < -0.4 is 0 Å². The second kappa shape index (κ2) is 8.33. The minimum Gasteiger partial charge on any atom is -0.340 e. The van der Waals surface area contributed by atoms with Crippen LogP contribution in [0.3, 0.4) is 0 Å². The number of hydrogen-bond donors (Lipinski definition) is 0. The lowest BCUT2D eigenvalue weighted by molar-refractivity contribution is -0.136. The quantitative estimate of drug-likeness (QED) is 0.783. The molecule has 0 bridgehead atoms. The van der Waals surface area contributed by atoms with Gasteiger partial charge in [0.05, 0.1) is 36.9 Å². The maximum Gasteiger partial charge on any atom is 0.224 e. The Bertz CT molecular complexity index is 787. The Hall–Kier alpha value is -2.70. The molecule has 1 aliphatic rings. The van der Waals surface area contributed by atoms with Gasteiger partial charge in [0, 0.05) is 32.4 Å². The molecule has 27 heavy (non-hydrogen) atoms. The van der Waals surface area contributed by atoms with Gasteiger partial charge in [0.25, 0.3) is 0 Å². The van der Waals surface area contributed by atoms with Crippen molar-refractivity contribution in [3.05, 3.63) is 48.0 Å². The highest BCUT2D eigenvalue weighted by Gasteiger charge is 2.30.